The lowest BCUT2D eigenvalue weighted by atomic mass is 10.1. The van der Waals surface area contributed by atoms with Crippen LogP contribution in [-0.4, -0.2) is 11.8 Å². The molecule has 0 aromatic heterocycles. The molecule has 5 nitrogen and oxygen atoms in total. The molecule has 0 aliphatic heterocycles. The molecule has 0 aliphatic carbocycles. The van der Waals surface area contributed by atoms with Crippen LogP contribution >= 0.6 is 0 Å². The van der Waals surface area contributed by atoms with Crippen LogP contribution in [0.4, 0.5) is 20.2 Å². The fraction of sp³-hybridized carbons (Fsp3) is 0.0690. The number of hydrogen-bond acceptors (Lipinski definition) is 3. The van der Waals surface area contributed by atoms with Gasteiger partial charge >= 0.3 is 0 Å². The molecule has 2 amide bonds. The predicted molar refractivity (Wildman–Crippen MR) is 133 cm³/mol. The van der Waals surface area contributed by atoms with Crippen LogP contribution in [-0.2, 0) is 17.8 Å². The summed E-state index contributed by atoms with van der Waals surface area (Å²) in [6.45, 7) is 0.171. The quantitative estimate of drug-likeness (QED) is 0.359. The van der Waals surface area contributed by atoms with Crippen LogP contribution in [0.5, 0.6) is 0 Å². The van der Waals surface area contributed by atoms with Crippen molar-refractivity contribution in [1.82, 2.24) is 0 Å². The number of halogens is 2. The third-order valence-electron chi connectivity index (χ3n) is 5.47. The minimum absolute atomic E-state index is 0.0423. The van der Waals surface area contributed by atoms with Crippen molar-refractivity contribution in [3.05, 3.63) is 131 Å². The predicted octanol–water partition coefficient (Wildman–Crippen LogP) is 5.86. The Morgan fingerprint density at radius 1 is 0.806 bits per heavy atom. The molecule has 4 aromatic carbocycles. The van der Waals surface area contributed by atoms with E-state index in [-0.39, 0.29) is 30.6 Å². The Kier molecular flexibility index (Phi) is 7.47. The molecule has 4 aromatic rings. The average Bonchev–Trinajstić information content (AvgIpc) is 2.89. The first kappa shape index (κ1) is 24.3. The summed E-state index contributed by atoms with van der Waals surface area (Å²) in [6.07, 6.45) is 0.0423. The number of carbonyl (C=O) groups excluding carboxylic acids is 2. The van der Waals surface area contributed by atoms with Gasteiger partial charge in [0.2, 0.25) is 5.91 Å². The lowest BCUT2D eigenvalue weighted by Gasteiger charge is -2.24. The lowest BCUT2D eigenvalue weighted by molar-refractivity contribution is -0.115. The van der Waals surface area contributed by atoms with Gasteiger partial charge in [0.25, 0.3) is 5.91 Å². The number of carbonyl (C=O) groups is 2. The fourth-order valence-corrected chi connectivity index (χ4v) is 3.65. The molecule has 0 saturated heterocycles. The molecule has 7 heteroatoms. The zero-order valence-electron chi connectivity index (χ0n) is 19.1. The van der Waals surface area contributed by atoms with Crippen molar-refractivity contribution < 1.29 is 18.4 Å². The van der Waals surface area contributed by atoms with E-state index in [2.05, 4.69) is 5.32 Å². The van der Waals surface area contributed by atoms with Crippen LogP contribution in [0.2, 0.25) is 0 Å². The van der Waals surface area contributed by atoms with Crippen molar-refractivity contribution in [3.63, 3.8) is 0 Å². The lowest BCUT2D eigenvalue weighted by Crippen LogP contribution is -2.30. The maximum Gasteiger partial charge on any atom is 0.258 e. The Morgan fingerprint density at radius 2 is 1.44 bits per heavy atom. The molecule has 0 radical (unpaired) electrons. The maximum atomic E-state index is 13.5. The molecule has 0 spiro atoms. The third-order valence-corrected chi connectivity index (χ3v) is 5.47. The first-order valence-electron chi connectivity index (χ1n) is 11.1. The summed E-state index contributed by atoms with van der Waals surface area (Å²) in [5, 5.41) is 11.8. The Balaban J connectivity index is 1.59. The van der Waals surface area contributed by atoms with Gasteiger partial charge in [-0.3, -0.25) is 9.59 Å². The zero-order chi connectivity index (χ0) is 25.5. The van der Waals surface area contributed by atoms with Crippen molar-refractivity contribution >= 4 is 23.2 Å². The van der Waals surface area contributed by atoms with Crippen LogP contribution < -0.4 is 10.2 Å². The third kappa shape index (κ3) is 6.19. The fourth-order valence-electron chi connectivity index (χ4n) is 3.65. The number of benzene rings is 4. The van der Waals surface area contributed by atoms with Gasteiger partial charge in [-0.2, -0.15) is 5.26 Å². The number of rotatable bonds is 7. The average molecular weight is 482 g/mol. The van der Waals surface area contributed by atoms with Crippen LogP contribution in [0.3, 0.4) is 0 Å². The largest absolute Gasteiger partial charge is 0.326 e. The first-order chi connectivity index (χ1) is 17.4. The van der Waals surface area contributed by atoms with Gasteiger partial charge in [0.15, 0.2) is 0 Å². The summed E-state index contributed by atoms with van der Waals surface area (Å²) < 4.78 is 26.5. The molecule has 0 unspecified atom stereocenters. The first-order valence-corrected chi connectivity index (χ1v) is 11.1. The van der Waals surface area contributed by atoms with Gasteiger partial charge < -0.3 is 10.2 Å². The van der Waals surface area contributed by atoms with E-state index in [1.807, 2.05) is 6.07 Å². The molecule has 0 fully saturated rings. The number of nitrogens with one attached hydrogen (secondary N) is 1. The van der Waals surface area contributed by atoms with E-state index in [1.54, 1.807) is 60.7 Å². The molecule has 0 aliphatic rings. The van der Waals surface area contributed by atoms with Crippen molar-refractivity contribution in [2.45, 2.75) is 13.0 Å². The maximum absolute atomic E-state index is 13.5. The summed E-state index contributed by atoms with van der Waals surface area (Å²) in [7, 11) is 0. The van der Waals surface area contributed by atoms with Crippen LogP contribution in [0, 0.1) is 23.0 Å². The highest BCUT2D eigenvalue weighted by atomic mass is 19.1. The molecule has 1 N–H and O–H groups in total. The Hall–Kier alpha value is -4.83. The topological polar surface area (TPSA) is 73.2 Å². The smallest absolute Gasteiger partial charge is 0.258 e. The van der Waals surface area contributed by atoms with E-state index in [4.69, 9.17) is 5.26 Å². The monoisotopic (exact) mass is 481 g/mol. The van der Waals surface area contributed by atoms with Crippen molar-refractivity contribution in [2.75, 3.05) is 10.2 Å². The van der Waals surface area contributed by atoms with E-state index < -0.39 is 5.82 Å². The molecule has 0 heterocycles. The highest BCUT2D eigenvalue weighted by molar-refractivity contribution is 6.06. The standard InChI is InChI=1S/C29H21F2N3O2/c30-24-10-6-21(7-11-24)19-34(29(36)23-8-4-20(18-32)5-9-23)27-3-1-2-22(16-27)17-28(35)33-26-14-12-25(31)13-15-26/h1-16H,17,19H2,(H,33,35). The molecule has 4 rings (SSSR count). The second kappa shape index (κ2) is 11.1. The van der Waals surface area contributed by atoms with Crippen molar-refractivity contribution in [1.29, 1.82) is 5.26 Å². The van der Waals surface area contributed by atoms with Gasteiger partial charge in [-0.25, -0.2) is 8.78 Å². The number of nitrogens with zero attached hydrogens (tertiary/aromatic N) is 2. The number of anilines is 2. The van der Waals surface area contributed by atoms with Crippen molar-refractivity contribution in [3.8, 4) is 6.07 Å². The SMILES string of the molecule is N#Cc1ccc(C(=O)N(Cc2ccc(F)cc2)c2cccc(CC(=O)Nc3ccc(F)cc3)c2)cc1. The number of hydrogen-bond donors (Lipinski definition) is 1. The summed E-state index contributed by atoms with van der Waals surface area (Å²) >= 11 is 0. The summed E-state index contributed by atoms with van der Waals surface area (Å²) in [5.74, 6) is -1.37. The Labute approximate surface area is 207 Å². The van der Waals surface area contributed by atoms with Gasteiger partial charge in [-0.1, -0.05) is 24.3 Å². The normalized spacial score (nSPS) is 10.4. The number of amides is 2. The van der Waals surface area contributed by atoms with Crippen LogP contribution in [0.1, 0.15) is 27.0 Å². The molecule has 178 valence electrons. The molecule has 36 heavy (non-hydrogen) atoms. The van der Waals surface area contributed by atoms with Gasteiger partial charge in [0.05, 0.1) is 24.6 Å². The number of nitriles is 1. The van der Waals surface area contributed by atoms with Crippen LogP contribution in [0.25, 0.3) is 0 Å². The van der Waals surface area contributed by atoms with E-state index in [1.165, 1.54) is 41.3 Å². The van der Waals surface area contributed by atoms with Gasteiger partial charge in [0, 0.05) is 16.9 Å². The minimum Gasteiger partial charge on any atom is -0.326 e. The second-order valence-corrected chi connectivity index (χ2v) is 8.11. The van der Waals surface area contributed by atoms with Gasteiger partial charge in [-0.15, -0.1) is 0 Å². The molecule has 0 bridgehead atoms. The van der Waals surface area contributed by atoms with Gasteiger partial charge in [-0.05, 0) is 83.9 Å². The Bertz CT molecular complexity index is 1410. The summed E-state index contributed by atoms with van der Waals surface area (Å²) in [5.41, 5.74) is 3.25. The van der Waals surface area contributed by atoms with E-state index >= 15 is 0 Å². The van der Waals surface area contributed by atoms with E-state index in [0.717, 1.165) is 5.56 Å². The molecular weight excluding hydrogens is 460 g/mol. The highest BCUT2D eigenvalue weighted by Crippen LogP contribution is 2.23. The van der Waals surface area contributed by atoms with Gasteiger partial charge in [0.1, 0.15) is 11.6 Å². The summed E-state index contributed by atoms with van der Waals surface area (Å²) in [4.78, 5) is 27.6. The molecular formula is C29H21F2N3O2. The van der Waals surface area contributed by atoms with Crippen LogP contribution in [0.15, 0.2) is 97.1 Å². The highest BCUT2D eigenvalue weighted by Gasteiger charge is 2.19. The zero-order valence-corrected chi connectivity index (χ0v) is 19.1. The van der Waals surface area contributed by atoms with E-state index in [0.29, 0.717) is 28.1 Å². The minimum atomic E-state index is -0.395. The molecule has 0 saturated carbocycles. The second-order valence-electron chi connectivity index (χ2n) is 8.11. The van der Waals surface area contributed by atoms with Crippen molar-refractivity contribution in [2.24, 2.45) is 0 Å². The molecule has 0 atom stereocenters. The Morgan fingerprint density at radius 3 is 2.08 bits per heavy atom. The summed E-state index contributed by atoms with van der Waals surface area (Å²) in [6, 6.07) is 26.7. The van der Waals surface area contributed by atoms with E-state index in [9.17, 15) is 18.4 Å².